The Morgan fingerprint density at radius 2 is 2.06 bits per heavy atom. The second-order valence-corrected chi connectivity index (χ2v) is 8.99. The smallest absolute Gasteiger partial charge is 0.396 e. The van der Waals surface area contributed by atoms with E-state index in [-0.39, 0.29) is 36.5 Å². The predicted octanol–water partition coefficient (Wildman–Crippen LogP) is 3.72. The number of aliphatic hydroxyl groups excluding tert-OH is 1. The van der Waals surface area contributed by atoms with E-state index in [1.165, 1.54) is 12.1 Å². The summed E-state index contributed by atoms with van der Waals surface area (Å²) in [4.78, 5) is 23.3. The highest BCUT2D eigenvalue weighted by Crippen LogP contribution is 2.46. The fraction of sp³-hybridized carbons (Fsp3) is 0.400. The van der Waals surface area contributed by atoms with Gasteiger partial charge in [-0.3, -0.25) is 4.79 Å². The average Bonchev–Trinajstić information content (AvgIpc) is 3.65. The number of rotatable bonds is 7. The highest BCUT2D eigenvalue weighted by molar-refractivity contribution is 6.00. The van der Waals surface area contributed by atoms with Gasteiger partial charge in [0.25, 0.3) is 5.91 Å². The van der Waals surface area contributed by atoms with Gasteiger partial charge in [-0.1, -0.05) is 12.1 Å². The number of benzene rings is 2. The maximum absolute atomic E-state index is 13.2. The van der Waals surface area contributed by atoms with Crippen molar-refractivity contribution < 1.29 is 27.8 Å². The lowest BCUT2D eigenvalue weighted by molar-refractivity contribution is -0.137. The van der Waals surface area contributed by atoms with E-state index in [0.29, 0.717) is 37.6 Å². The maximum Gasteiger partial charge on any atom is 0.416 e. The first-order chi connectivity index (χ1) is 17.3. The second kappa shape index (κ2) is 9.55. The number of hydrogen-bond acceptors (Lipinski definition) is 5. The Balaban J connectivity index is 1.61. The zero-order valence-corrected chi connectivity index (χ0v) is 19.5. The van der Waals surface area contributed by atoms with Gasteiger partial charge in [0.15, 0.2) is 0 Å². The van der Waals surface area contributed by atoms with Crippen LogP contribution in [0.15, 0.2) is 41.4 Å². The quantitative estimate of drug-likeness (QED) is 0.379. The van der Waals surface area contributed by atoms with Crippen LogP contribution in [-0.2, 0) is 22.3 Å². The summed E-state index contributed by atoms with van der Waals surface area (Å²) in [5.41, 5.74) is 8.63. The van der Waals surface area contributed by atoms with Crippen LogP contribution in [0.3, 0.4) is 0 Å². The molecule has 2 fully saturated rings. The predicted molar refractivity (Wildman–Crippen MR) is 128 cm³/mol. The summed E-state index contributed by atoms with van der Waals surface area (Å²) in [6.45, 7) is 1.25. The van der Waals surface area contributed by atoms with Crippen LogP contribution in [0.1, 0.15) is 41.9 Å². The number of ether oxygens (including phenoxy) is 1. The van der Waals surface area contributed by atoms with E-state index in [1.54, 1.807) is 4.90 Å². The number of aromatic nitrogens is 2. The Morgan fingerprint density at radius 3 is 2.75 bits per heavy atom. The van der Waals surface area contributed by atoms with E-state index in [2.05, 4.69) is 9.98 Å². The second-order valence-electron chi connectivity index (χ2n) is 8.99. The molecule has 2 aromatic carbocycles. The fourth-order valence-corrected chi connectivity index (χ4v) is 4.45. The molecule has 190 valence electrons. The number of aryl methyl sites for hydroxylation is 1. The SMILES string of the molecule is NC(=Nc1nc2cc(N3CCOCC3=O)c(C3CC3)cc2n1CCCO)c1cccc(C(F)(F)F)c1. The van der Waals surface area contributed by atoms with Gasteiger partial charge in [0, 0.05) is 30.9 Å². The zero-order chi connectivity index (χ0) is 25.4. The minimum Gasteiger partial charge on any atom is -0.396 e. The van der Waals surface area contributed by atoms with Crippen LogP contribution in [-0.4, -0.2) is 52.8 Å². The fourth-order valence-electron chi connectivity index (χ4n) is 4.45. The number of carbonyl (C=O) groups is 1. The third-order valence-electron chi connectivity index (χ3n) is 6.42. The lowest BCUT2D eigenvalue weighted by atomic mass is 10.1. The number of alkyl halides is 3. The number of anilines is 1. The first kappa shape index (κ1) is 24.3. The number of aliphatic hydroxyl groups is 1. The van der Waals surface area contributed by atoms with Crippen LogP contribution in [0.5, 0.6) is 0 Å². The molecule has 1 amide bonds. The van der Waals surface area contributed by atoms with Crippen molar-refractivity contribution in [2.24, 2.45) is 10.7 Å². The topological polar surface area (TPSA) is 106 Å². The average molecular weight is 502 g/mol. The van der Waals surface area contributed by atoms with Gasteiger partial charge in [-0.2, -0.15) is 18.2 Å². The Labute approximate surface area is 205 Å². The number of amidine groups is 1. The summed E-state index contributed by atoms with van der Waals surface area (Å²) < 4.78 is 46.6. The monoisotopic (exact) mass is 501 g/mol. The molecule has 1 saturated carbocycles. The third-order valence-corrected chi connectivity index (χ3v) is 6.42. The van der Waals surface area contributed by atoms with Crippen LogP contribution >= 0.6 is 0 Å². The van der Waals surface area contributed by atoms with E-state index >= 15 is 0 Å². The summed E-state index contributed by atoms with van der Waals surface area (Å²) >= 11 is 0. The van der Waals surface area contributed by atoms with E-state index < -0.39 is 11.7 Å². The van der Waals surface area contributed by atoms with Crippen molar-refractivity contribution >= 4 is 34.4 Å². The largest absolute Gasteiger partial charge is 0.416 e. The molecule has 3 N–H and O–H groups in total. The number of fused-ring (bicyclic) bond motifs is 1. The number of imidazole rings is 1. The Morgan fingerprint density at radius 1 is 1.25 bits per heavy atom. The van der Waals surface area contributed by atoms with E-state index in [1.807, 2.05) is 16.7 Å². The van der Waals surface area contributed by atoms with Gasteiger partial charge in [-0.05, 0) is 55.0 Å². The summed E-state index contributed by atoms with van der Waals surface area (Å²) in [5.74, 6) is 0.339. The Kier molecular flexibility index (Phi) is 6.44. The molecule has 1 aliphatic carbocycles. The molecule has 0 atom stereocenters. The lowest BCUT2D eigenvalue weighted by Gasteiger charge is -2.29. The van der Waals surface area contributed by atoms with Crippen molar-refractivity contribution in [3.8, 4) is 0 Å². The van der Waals surface area contributed by atoms with E-state index in [9.17, 15) is 23.1 Å². The Hall–Kier alpha value is -3.44. The van der Waals surface area contributed by atoms with Gasteiger partial charge in [0.05, 0.1) is 23.2 Å². The number of morpholine rings is 1. The van der Waals surface area contributed by atoms with Gasteiger partial charge in [0.1, 0.15) is 12.4 Å². The minimum absolute atomic E-state index is 0.0240. The zero-order valence-electron chi connectivity index (χ0n) is 19.5. The van der Waals surface area contributed by atoms with Gasteiger partial charge in [0.2, 0.25) is 5.95 Å². The van der Waals surface area contributed by atoms with Crippen molar-refractivity contribution in [3.63, 3.8) is 0 Å². The van der Waals surface area contributed by atoms with Crippen LogP contribution in [0, 0.1) is 0 Å². The Bertz CT molecular complexity index is 1330. The molecule has 11 heteroatoms. The highest BCUT2D eigenvalue weighted by atomic mass is 19.4. The molecule has 1 saturated heterocycles. The molecule has 2 aliphatic rings. The number of aliphatic imine (C=N–C) groups is 1. The summed E-state index contributed by atoms with van der Waals surface area (Å²) in [6, 6.07) is 8.54. The molecule has 1 aromatic heterocycles. The van der Waals surface area contributed by atoms with E-state index in [0.717, 1.165) is 41.7 Å². The van der Waals surface area contributed by atoms with Gasteiger partial charge < -0.3 is 25.0 Å². The van der Waals surface area contributed by atoms with Crippen molar-refractivity contribution in [1.29, 1.82) is 0 Å². The molecule has 5 rings (SSSR count). The van der Waals surface area contributed by atoms with Crippen molar-refractivity contribution in [2.75, 3.05) is 31.3 Å². The molecule has 36 heavy (non-hydrogen) atoms. The van der Waals surface area contributed by atoms with Crippen LogP contribution in [0.4, 0.5) is 24.8 Å². The minimum atomic E-state index is -4.50. The lowest BCUT2D eigenvalue weighted by Crippen LogP contribution is -2.42. The van der Waals surface area contributed by atoms with Crippen LogP contribution in [0.2, 0.25) is 0 Å². The van der Waals surface area contributed by atoms with Crippen LogP contribution in [0.25, 0.3) is 11.0 Å². The van der Waals surface area contributed by atoms with Gasteiger partial charge in [-0.25, -0.2) is 4.98 Å². The molecule has 0 spiro atoms. The molecule has 0 radical (unpaired) electrons. The number of hydrogen-bond donors (Lipinski definition) is 2. The van der Waals surface area contributed by atoms with E-state index in [4.69, 9.17) is 10.5 Å². The first-order valence-corrected chi connectivity index (χ1v) is 11.8. The standard InChI is InChI=1S/C25H26F3N5O3/c26-25(27,28)17-4-1-3-16(11-17)23(29)31-24-30-19-13-20(32-8-10-36-14-22(32)35)18(15-5-6-15)12-21(19)33(24)7-2-9-34/h1,3-4,11-13,15,34H,2,5-10,14H2,(H2,29,30,31). The molecular weight excluding hydrogens is 475 g/mol. The van der Waals surface area contributed by atoms with Crippen molar-refractivity contribution in [1.82, 2.24) is 9.55 Å². The summed E-state index contributed by atoms with van der Waals surface area (Å²) in [7, 11) is 0. The van der Waals surface area contributed by atoms with Crippen molar-refractivity contribution in [3.05, 3.63) is 53.1 Å². The highest BCUT2D eigenvalue weighted by Gasteiger charge is 2.32. The van der Waals surface area contributed by atoms with Crippen LogP contribution < -0.4 is 10.6 Å². The number of nitrogens with zero attached hydrogens (tertiary/aromatic N) is 4. The van der Waals surface area contributed by atoms with Crippen molar-refractivity contribution in [2.45, 2.75) is 37.9 Å². The first-order valence-electron chi connectivity index (χ1n) is 11.8. The molecule has 1 aliphatic heterocycles. The summed E-state index contributed by atoms with van der Waals surface area (Å²) in [6.07, 6.45) is -2.03. The molecule has 8 nitrogen and oxygen atoms in total. The summed E-state index contributed by atoms with van der Waals surface area (Å²) in [5, 5.41) is 9.43. The molecule has 3 aromatic rings. The molecule has 0 bridgehead atoms. The van der Waals surface area contributed by atoms with Gasteiger partial charge in [-0.15, -0.1) is 0 Å². The third kappa shape index (κ3) is 4.80. The molecule has 0 unspecified atom stereocenters. The number of amides is 1. The normalized spacial score (nSPS) is 17.3. The number of carbonyl (C=O) groups excluding carboxylic acids is 1. The van der Waals surface area contributed by atoms with Gasteiger partial charge >= 0.3 is 6.18 Å². The maximum atomic E-state index is 13.2. The molecular formula is C25H26F3N5O3. The number of halogens is 3. The number of nitrogens with two attached hydrogens (primary N) is 1. The molecule has 2 heterocycles.